The van der Waals surface area contributed by atoms with Crippen LogP contribution in [0.15, 0.2) is 0 Å². The normalized spacial score (nSPS) is 13.8. The number of aliphatic hydroxyl groups excluding tert-OH is 1. The van der Waals surface area contributed by atoms with Gasteiger partial charge in [-0.15, -0.1) is 0 Å². The van der Waals surface area contributed by atoms with E-state index in [1.165, 1.54) is 0 Å². The lowest BCUT2D eigenvalue weighted by Crippen LogP contribution is -2.42. The lowest BCUT2D eigenvalue weighted by atomic mass is 10.6. The molecule has 0 aliphatic carbocycles. The fourth-order valence-corrected chi connectivity index (χ4v) is 0.710. The molecule has 0 saturated carbocycles. The van der Waals surface area contributed by atoms with Gasteiger partial charge in [-0.05, 0) is 6.92 Å². The van der Waals surface area contributed by atoms with E-state index in [-0.39, 0.29) is 6.61 Å². The lowest BCUT2D eigenvalue weighted by Gasteiger charge is -2.20. The van der Waals surface area contributed by atoms with Crippen molar-refractivity contribution in [3.05, 3.63) is 0 Å². The zero-order chi connectivity index (χ0) is 9.78. The minimum atomic E-state index is -1.13. The molecule has 2 N–H and O–H groups in total. The van der Waals surface area contributed by atoms with E-state index in [9.17, 15) is 9.90 Å². The maximum absolute atomic E-state index is 10.7. The number of halogens is 3. The van der Waals surface area contributed by atoms with Gasteiger partial charge < -0.3 is 9.84 Å². The highest BCUT2D eigenvalue weighted by Crippen LogP contribution is 2.35. The van der Waals surface area contributed by atoms with Crippen molar-refractivity contribution in [1.29, 1.82) is 0 Å². The van der Waals surface area contributed by atoms with E-state index in [4.69, 9.17) is 0 Å². The number of carbonyl (C=O) groups is 1. The van der Waals surface area contributed by atoms with Gasteiger partial charge in [-0.1, -0.05) is 47.8 Å². The molecule has 0 aromatic carbocycles. The highest BCUT2D eigenvalue weighted by Gasteiger charge is 2.30. The fourth-order valence-electron chi connectivity index (χ4n) is 0.366. The van der Waals surface area contributed by atoms with E-state index in [1.807, 2.05) is 0 Å². The molecule has 0 saturated heterocycles. The summed E-state index contributed by atoms with van der Waals surface area (Å²) in [4.78, 5) is 10.7. The molecule has 72 valence electrons. The second-order valence-corrected chi connectivity index (χ2v) is 8.75. The van der Waals surface area contributed by atoms with Gasteiger partial charge in [0, 0.05) is 0 Å². The van der Waals surface area contributed by atoms with Gasteiger partial charge in [-0.2, -0.15) is 0 Å². The number of alkyl carbamates (subject to hydrolysis) is 1. The number of rotatable bonds is 2. The molecule has 0 fully saturated rings. The summed E-state index contributed by atoms with van der Waals surface area (Å²) < 4.78 is 3.60. The molecule has 0 spiro atoms. The summed E-state index contributed by atoms with van der Waals surface area (Å²) in [5.74, 6) is 0. The van der Waals surface area contributed by atoms with E-state index >= 15 is 0 Å². The van der Waals surface area contributed by atoms with Gasteiger partial charge >= 0.3 is 6.09 Å². The monoisotopic (exact) mass is 367 g/mol. The second kappa shape index (κ2) is 5.41. The molecule has 0 unspecified atom stereocenters. The zero-order valence-corrected chi connectivity index (χ0v) is 10.9. The van der Waals surface area contributed by atoms with Crippen LogP contribution in [0.25, 0.3) is 0 Å². The van der Waals surface area contributed by atoms with E-state index < -0.39 is 14.5 Å². The SMILES string of the molecule is CCOC(=O)N[C@H](O)C(Br)(Br)Br. The zero-order valence-electron chi connectivity index (χ0n) is 6.18. The van der Waals surface area contributed by atoms with Crippen molar-refractivity contribution in [3.63, 3.8) is 0 Å². The number of hydrogen-bond acceptors (Lipinski definition) is 3. The summed E-state index contributed by atoms with van der Waals surface area (Å²) in [6.07, 6.45) is -1.80. The Hall–Kier alpha value is 0.670. The number of hydrogen-bond donors (Lipinski definition) is 2. The maximum atomic E-state index is 10.7. The topological polar surface area (TPSA) is 58.6 Å². The minimum absolute atomic E-state index is 0.262. The smallest absolute Gasteiger partial charge is 0.409 e. The molecular weight excluding hydrogens is 362 g/mol. The quantitative estimate of drug-likeness (QED) is 0.577. The van der Waals surface area contributed by atoms with E-state index in [0.29, 0.717) is 0 Å². The van der Waals surface area contributed by atoms with Crippen LogP contribution in [0, 0.1) is 0 Å². The molecule has 12 heavy (non-hydrogen) atoms. The van der Waals surface area contributed by atoms with Crippen LogP contribution in [-0.2, 0) is 4.74 Å². The Bertz CT molecular complexity index is 159. The molecule has 0 radical (unpaired) electrons. The van der Waals surface area contributed by atoms with Crippen molar-refractivity contribution < 1.29 is 14.6 Å². The lowest BCUT2D eigenvalue weighted by molar-refractivity contribution is 0.108. The molecule has 0 heterocycles. The number of nitrogens with one attached hydrogen (secondary N) is 1. The van der Waals surface area contributed by atoms with Crippen molar-refractivity contribution >= 4 is 53.9 Å². The van der Waals surface area contributed by atoms with Crippen LogP contribution in [0.4, 0.5) is 4.79 Å². The van der Waals surface area contributed by atoms with Gasteiger partial charge in [0.25, 0.3) is 0 Å². The molecule has 0 aliphatic heterocycles. The third-order valence-corrected chi connectivity index (χ3v) is 2.14. The number of amides is 1. The van der Waals surface area contributed by atoms with E-state index in [1.54, 1.807) is 6.92 Å². The van der Waals surface area contributed by atoms with Crippen LogP contribution in [0.5, 0.6) is 0 Å². The molecule has 0 aliphatic rings. The average molecular weight is 370 g/mol. The van der Waals surface area contributed by atoms with Gasteiger partial charge in [0.15, 0.2) is 8.37 Å². The summed E-state index contributed by atoms with van der Waals surface area (Å²) in [6.45, 7) is 1.94. The van der Waals surface area contributed by atoms with Crippen molar-refractivity contribution in [2.45, 2.75) is 15.3 Å². The van der Waals surface area contributed by atoms with Crippen LogP contribution in [-0.4, -0.2) is 26.2 Å². The van der Waals surface area contributed by atoms with Gasteiger partial charge in [-0.25, -0.2) is 4.79 Å². The molecular formula is C5H8Br3NO3. The summed E-state index contributed by atoms with van der Waals surface area (Å²) >= 11 is 9.11. The third kappa shape index (κ3) is 5.34. The Balaban J connectivity index is 3.84. The van der Waals surface area contributed by atoms with E-state index in [2.05, 4.69) is 57.8 Å². The predicted molar refractivity (Wildman–Crippen MR) is 55.7 cm³/mol. The molecule has 0 aromatic rings. The van der Waals surface area contributed by atoms with Crippen LogP contribution in [0.2, 0.25) is 0 Å². The second-order valence-electron chi connectivity index (χ2n) is 1.81. The van der Waals surface area contributed by atoms with Gasteiger partial charge in [-0.3, -0.25) is 5.32 Å². The third-order valence-electron chi connectivity index (χ3n) is 0.840. The fraction of sp³-hybridized carbons (Fsp3) is 0.800. The molecule has 0 aromatic heterocycles. The predicted octanol–water partition coefficient (Wildman–Crippen LogP) is 1.89. The summed E-state index contributed by atoms with van der Waals surface area (Å²) in [6, 6.07) is 0. The first kappa shape index (κ1) is 12.7. The summed E-state index contributed by atoms with van der Waals surface area (Å²) in [5, 5.41) is 11.4. The van der Waals surface area contributed by atoms with Crippen molar-refractivity contribution in [2.75, 3.05) is 6.61 Å². The van der Waals surface area contributed by atoms with Crippen molar-refractivity contribution in [1.82, 2.24) is 5.32 Å². The maximum Gasteiger partial charge on any atom is 0.409 e. The van der Waals surface area contributed by atoms with Gasteiger partial charge in [0.2, 0.25) is 0 Å². The minimum Gasteiger partial charge on any atom is -0.450 e. The van der Waals surface area contributed by atoms with Gasteiger partial charge in [0.1, 0.15) is 0 Å². The van der Waals surface area contributed by atoms with Gasteiger partial charge in [0.05, 0.1) is 6.61 Å². The van der Waals surface area contributed by atoms with Crippen molar-refractivity contribution in [2.24, 2.45) is 0 Å². The number of ether oxygens (including phenoxy) is 1. The molecule has 0 rings (SSSR count). The Kier molecular flexibility index (Phi) is 5.71. The Morgan fingerprint density at radius 1 is 1.67 bits per heavy atom. The molecule has 0 bridgehead atoms. The molecule has 1 atom stereocenters. The highest BCUT2D eigenvalue weighted by molar-refractivity contribution is 9.39. The van der Waals surface area contributed by atoms with Crippen molar-refractivity contribution in [3.8, 4) is 0 Å². The first-order valence-electron chi connectivity index (χ1n) is 3.06. The average Bonchev–Trinajstić information content (AvgIpc) is 1.85. The van der Waals surface area contributed by atoms with Crippen LogP contribution < -0.4 is 5.32 Å². The van der Waals surface area contributed by atoms with Crippen LogP contribution in [0.1, 0.15) is 6.92 Å². The molecule has 4 nitrogen and oxygen atoms in total. The Labute approximate surface area is 95.4 Å². The molecule has 7 heteroatoms. The first-order chi connectivity index (χ1) is 5.38. The number of aliphatic hydroxyl groups is 1. The first-order valence-corrected chi connectivity index (χ1v) is 5.44. The van der Waals surface area contributed by atoms with E-state index in [0.717, 1.165) is 0 Å². The molecule has 1 amide bonds. The Morgan fingerprint density at radius 3 is 2.50 bits per heavy atom. The summed E-state index contributed by atoms with van der Waals surface area (Å²) in [7, 11) is 0. The number of alkyl halides is 3. The standard InChI is InChI=1S/C5H8Br3NO3/c1-2-12-4(11)9-3(10)5(6,7)8/h3,10H,2H2,1H3,(H,9,11)/t3-/m1/s1. The van der Waals surface area contributed by atoms with Crippen LogP contribution >= 0.6 is 47.8 Å². The Morgan fingerprint density at radius 2 is 2.17 bits per heavy atom. The van der Waals surface area contributed by atoms with Crippen LogP contribution in [0.3, 0.4) is 0 Å². The number of carbonyl (C=O) groups excluding carboxylic acids is 1. The summed E-state index contributed by atoms with van der Waals surface area (Å²) in [5.41, 5.74) is 0. The highest BCUT2D eigenvalue weighted by atomic mass is 80.0. The largest absolute Gasteiger partial charge is 0.450 e.